The lowest BCUT2D eigenvalue weighted by Crippen LogP contribution is -2.05. The van der Waals surface area contributed by atoms with Crippen molar-refractivity contribution in [3.8, 4) is 22.6 Å². The summed E-state index contributed by atoms with van der Waals surface area (Å²) in [5.74, 6) is -0.758. The van der Waals surface area contributed by atoms with Gasteiger partial charge in [0.05, 0.1) is 11.1 Å². The summed E-state index contributed by atoms with van der Waals surface area (Å²) in [7, 11) is 0. The molecule has 0 aliphatic carbocycles. The van der Waals surface area contributed by atoms with Crippen LogP contribution in [0.4, 0.5) is 4.39 Å². The molecule has 160 valence electrons. The van der Waals surface area contributed by atoms with Gasteiger partial charge in [-0.05, 0) is 41.0 Å². The van der Waals surface area contributed by atoms with E-state index >= 15 is 0 Å². The normalized spacial score (nSPS) is 10.5. The van der Waals surface area contributed by atoms with Crippen molar-refractivity contribution in [2.75, 3.05) is 0 Å². The molecule has 5 heteroatoms. The highest BCUT2D eigenvalue weighted by atomic mass is 19.1. The predicted molar refractivity (Wildman–Crippen MR) is 120 cm³/mol. The van der Waals surface area contributed by atoms with Gasteiger partial charge in [-0.3, -0.25) is 0 Å². The molecule has 4 rings (SSSR count). The van der Waals surface area contributed by atoms with Crippen LogP contribution in [-0.4, -0.2) is 11.1 Å². The van der Waals surface area contributed by atoms with Crippen LogP contribution >= 0.6 is 0 Å². The van der Waals surface area contributed by atoms with Crippen molar-refractivity contribution < 1.29 is 23.8 Å². The average Bonchev–Trinajstić information content (AvgIpc) is 2.83. The van der Waals surface area contributed by atoms with E-state index in [-0.39, 0.29) is 24.6 Å². The van der Waals surface area contributed by atoms with E-state index in [9.17, 15) is 14.3 Å². The van der Waals surface area contributed by atoms with Gasteiger partial charge >= 0.3 is 5.97 Å². The SMILES string of the molecule is O=C(O)c1cc(OCc2ccccc2)c(-c2ccc(F)cc2)c(OCc2ccccc2)c1. The number of aromatic carboxylic acids is 1. The predicted octanol–water partition coefficient (Wildman–Crippen LogP) is 6.35. The monoisotopic (exact) mass is 428 g/mol. The average molecular weight is 428 g/mol. The molecule has 4 aromatic carbocycles. The van der Waals surface area contributed by atoms with Crippen molar-refractivity contribution in [1.82, 2.24) is 0 Å². The molecule has 0 amide bonds. The van der Waals surface area contributed by atoms with Gasteiger partial charge in [-0.25, -0.2) is 9.18 Å². The fourth-order valence-electron chi connectivity index (χ4n) is 3.31. The molecule has 4 nitrogen and oxygen atoms in total. The van der Waals surface area contributed by atoms with Crippen molar-refractivity contribution in [2.24, 2.45) is 0 Å². The Kier molecular flexibility index (Phi) is 6.46. The number of carbonyl (C=O) groups is 1. The Labute approximate surface area is 185 Å². The highest BCUT2D eigenvalue weighted by Gasteiger charge is 2.19. The van der Waals surface area contributed by atoms with Crippen LogP contribution < -0.4 is 9.47 Å². The summed E-state index contributed by atoms with van der Waals surface area (Å²) in [6.07, 6.45) is 0. The Morgan fingerprint density at radius 2 is 1.19 bits per heavy atom. The minimum Gasteiger partial charge on any atom is -0.488 e. The largest absolute Gasteiger partial charge is 0.488 e. The van der Waals surface area contributed by atoms with Crippen molar-refractivity contribution in [1.29, 1.82) is 0 Å². The van der Waals surface area contributed by atoms with E-state index in [1.807, 2.05) is 60.7 Å². The molecule has 0 saturated heterocycles. The van der Waals surface area contributed by atoms with Gasteiger partial charge in [0.1, 0.15) is 30.5 Å². The molecule has 32 heavy (non-hydrogen) atoms. The molecule has 0 aliphatic heterocycles. The van der Waals surface area contributed by atoms with Crippen LogP contribution in [0.3, 0.4) is 0 Å². The lowest BCUT2D eigenvalue weighted by molar-refractivity contribution is 0.0695. The summed E-state index contributed by atoms with van der Waals surface area (Å²) in [5, 5.41) is 9.64. The van der Waals surface area contributed by atoms with E-state index in [2.05, 4.69) is 0 Å². The van der Waals surface area contributed by atoms with Crippen molar-refractivity contribution >= 4 is 5.97 Å². The van der Waals surface area contributed by atoms with Gasteiger partial charge in [0, 0.05) is 0 Å². The summed E-state index contributed by atoms with van der Waals surface area (Å²) < 4.78 is 25.7. The minimum atomic E-state index is -1.09. The Hall–Kier alpha value is -4.12. The van der Waals surface area contributed by atoms with Gasteiger partial charge in [0.2, 0.25) is 0 Å². The zero-order valence-electron chi connectivity index (χ0n) is 17.2. The first kappa shape index (κ1) is 21.1. The number of benzene rings is 4. The third kappa shape index (κ3) is 5.13. The molecule has 0 bridgehead atoms. The molecule has 0 aliphatic rings. The minimum absolute atomic E-state index is 0.0435. The molecule has 0 spiro atoms. The van der Waals surface area contributed by atoms with E-state index in [4.69, 9.17) is 9.47 Å². The third-order valence-corrected chi connectivity index (χ3v) is 4.92. The Morgan fingerprint density at radius 1 is 0.719 bits per heavy atom. The first-order valence-electron chi connectivity index (χ1n) is 10.1. The van der Waals surface area contributed by atoms with E-state index in [1.165, 1.54) is 24.3 Å². The van der Waals surface area contributed by atoms with E-state index in [1.54, 1.807) is 12.1 Å². The zero-order chi connectivity index (χ0) is 22.3. The van der Waals surface area contributed by atoms with Crippen LogP contribution in [0.1, 0.15) is 21.5 Å². The van der Waals surface area contributed by atoms with Crippen LogP contribution in [0.2, 0.25) is 0 Å². The molecule has 1 N–H and O–H groups in total. The highest BCUT2D eigenvalue weighted by molar-refractivity contribution is 5.91. The van der Waals surface area contributed by atoms with Gasteiger partial charge in [0.25, 0.3) is 0 Å². The number of hydrogen-bond donors (Lipinski definition) is 1. The fourth-order valence-corrected chi connectivity index (χ4v) is 3.31. The van der Waals surface area contributed by atoms with E-state index in [0.717, 1.165) is 11.1 Å². The quantitative estimate of drug-likeness (QED) is 0.355. The number of hydrogen-bond acceptors (Lipinski definition) is 3. The lowest BCUT2D eigenvalue weighted by atomic mass is 10.0. The standard InChI is InChI=1S/C27H21FO4/c28-23-13-11-21(12-14-23)26-24(31-17-19-7-3-1-4-8-19)15-22(27(29)30)16-25(26)32-18-20-9-5-2-6-10-20/h1-16H,17-18H2,(H,29,30). The number of carboxylic acid groups (broad SMARTS) is 1. The molecule has 0 aromatic heterocycles. The lowest BCUT2D eigenvalue weighted by Gasteiger charge is -2.18. The van der Waals surface area contributed by atoms with Gasteiger partial charge in [-0.2, -0.15) is 0 Å². The summed E-state index contributed by atoms with van der Waals surface area (Å²) in [6.45, 7) is 0.493. The molecule has 0 atom stereocenters. The van der Waals surface area contributed by atoms with Crippen LogP contribution in [-0.2, 0) is 13.2 Å². The van der Waals surface area contributed by atoms with Crippen molar-refractivity contribution in [3.63, 3.8) is 0 Å². The van der Waals surface area contributed by atoms with Gasteiger partial charge in [-0.1, -0.05) is 72.8 Å². The van der Waals surface area contributed by atoms with Gasteiger partial charge in [0.15, 0.2) is 0 Å². The number of halogens is 1. The molecule has 0 saturated carbocycles. The van der Waals surface area contributed by atoms with Crippen molar-refractivity contribution in [3.05, 3.63) is 120 Å². The van der Waals surface area contributed by atoms with E-state index < -0.39 is 5.97 Å². The number of ether oxygens (including phenoxy) is 2. The second kappa shape index (κ2) is 9.79. The molecular formula is C27H21FO4. The Balaban J connectivity index is 1.76. The van der Waals surface area contributed by atoms with Gasteiger partial charge < -0.3 is 14.6 Å². The van der Waals surface area contributed by atoms with E-state index in [0.29, 0.717) is 22.6 Å². The Morgan fingerprint density at radius 3 is 1.62 bits per heavy atom. The maximum Gasteiger partial charge on any atom is 0.335 e. The smallest absolute Gasteiger partial charge is 0.335 e. The Bertz CT molecular complexity index is 1130. The zero-order valence-corrected chi connectivity index (χ0v) is 17.2. The molecule has 0 fully saturated rings. The van der Waals surface area contributed by atoms with Crippen LogP contribution in [0.5, 0.6) is 11.5 Å². The summed E-state index contributed by atoms with van der Waals surface area (Å²) in [4.78, 5) is 11.8. The summed E-state index contributed by atoms with van der Waals surface area (Å²) in [6, 6.07) is 28.0. The summed E-state index contributed by atoms with van der Waals surface area (Å²) >= 11 is 0. The third-order valence-electron chi connectivity index (χ3n) is 4.92. The topological polar surface area (TPSA) is 55.8 Å². The maximum absolute atomic E-state index is 13.6. The highest BCUT2D eigenvalue weighted by Crippen LogP contribution is 2.40. The number of rotatable bonds is 8. The second-order valence-electron chi connectivity index (χ2n) is 7.21. The van der Waals surface area contributed by atoms with Crippen LogP contribution in [0, 0.1) is 5.82 Å². The molecule has 4 aromatic rings. The second-order valence-corrected chi connectivity index (χ2v) is 7.21. The molecular weight excluding hydrogens is 407 g/mol. The van der Waals surface area contributed by atoms with Crippen LogP contribution in [0.15, 0.2) is 97.1 Å². The molecule has 0 heterocycles. The molecule has 0 radical (unpaired) electrons. The maximum atomic E-state index is 13.6. The van der Waals surface area contributed by atoms with Crippen LogP contribution in [0.25, 0.3) is 11.1 Å². The number of carboxylic acids is 1. The summed E-state index contributed by atoms with van der Waals surface area (Å²) in [5.41, 5.74) is 3.15. The molecule has 0 unspecified atom stereocenters. The first-order chi connectivity index (χ1) is 15.6. The van der Waals surface area contributed by atoms with Crippen molar-refractivity contribution in [2.45, 2.75) is 13.2 Å². The fraction of sp³-hybridized carbons (Fsp3) is 0.0741. The first-order valence-corrected chi connectivity index (χ1v) is 10.1. The van der Waals surface area contributed by atoms with Gasteiger partial charge in [-0.15, -0.1) is 0 Å².